The summed E-state index contributed by atoms with van der Waals surface area (Å²) in [6, 6.07) is 13.3. The van der Waals surface area contributed by atoms with E-state index in [1.54, 1.807) is 43.3 Å². The number of hydrogen-bond donors (Lipinski definition) is 1. The molecule has 1 atom stereocenters. The number of ether oxygens (including phenoxy) is 1. The first-order valence-electron chi connectivity index (χ1n) is 9.29. The van der Waals surface area contributed by atoms with Crippen molar-refractivity contribution in [1.82, 2.24) is 10.2 Å². The summed E-state index contributed by atoms with van der Waals surface area (Å²) in [6.45, 7) is 7.39. The molecule has 1 N–H and O–H groups in total. The van der Waals surface area contributed by atoms with Crippen molar-refractivity contribution >= 4 is 35.0 Å². The molecule has 2 aromatic carbocycles. The average molecular weight is 437 g/mol. The number of carbonyl (C=O) groups excluding carboxylic acids is 2. The van der Waals surface area contributed by atoms with Crippen LogP contribution in [0.1, 0.15) is 33.3 Å². The summed E-state index contributed by atoms with van der Waals surface area (Å²) in [7, 11) is 0. The maximum absolute atomic E-state index is 13.0. The van der Waals surface area contributed by atoms with E-state index in [2.05, 4.69) is 5.32 Å². The fraction of sp³-hybridized carbons (Fsp3) is 0.364. The largest absolute Gasteiger partial charge is 0.484 e. The first-order valence-corrected chi connectivity index (χ1v) is 10.0. The normalized spacial score (nSPS) is 12.2. The molecule has 0 aliphatic carbocycles. The number of carbonyl (C=O) groups is 2. The van der Waals surface area contributed by atoms with Crippen molar-refractivity contribution < 1.29 is 14.3 Å². The minimum atomic E-state index is -0.691. The number of nitrogens with zero attached hydrogens (tertiary/aromatic N) is 1. The van der Waals surface area contributed by atoms with Crippen molar-refractivity contribution in [1.29, 1.82) is 0 Å². The minimum absolute atomic E-state index is 0.214. The van der Waals surface area contributed by atoms with Crippen molar-refractivity contribution in [2.75, 3.05) is 6.61 Å². The number of benzene rings is 2. The third-order valence-corrected chi connectivity index (χ3v) is 4.54. The van der Waals surface area contributed by atoms with Gasteiger partial charge in [-0.25, -0.2) is 0 Å². The molecule has 7 heteroatoms. The molecule has 0 spiro atoms. The Labute approximate surface area is 181 Å². The van der Waals surface area contributed by atoms with Crippen LogP contribution < -0.4 is 10.1 Å². The highest BCUT2D eigenvalue weighted by Gasteiger charge is 2.28. The zero-order valence-electron chi connectivity index (χ0n) is 17.0. The zero-order valence-corrected chi connectivity index (χ0v) is 18.6. The van der Waals surface area contributed by atoms with E-state index >= 15 is 0 Å². The molecule has 0 bridgehead atoms. The van der Waals surface area contributed by atoms with E-state index < -0.39 is 11.6 Å². The standard InChI is InChI=1S/C22H26Cl2N2O3/c1-15(21(28)25-22(2,3)4)26(13-16-7-5-8-17(23)11-16)20(27)14-29-19-10-6-9-18(24)12-19/h5-12,15H,13-14H2,1-4H3,(H,25,28)/t15-/m0/s1. The molecule has 2 amide bonds. The van der Waals surface area contributed by atoms with E-state index in [1.807, 2.05) is 32.9 Å². The second-order valence-corrected chi connectivity index (χ2v) is 8.69. The van der Waals surface area contributed by atoms with Gasteiger partial charge in [0.15, 0.2) is 6.61 Å². The Bertz CT molecular complexity index is 865. The Balaban J connectivity index is 2.18. The molecule has 0 heterocycles. The molecular formula is C22H26Cl2N2O3. The van der Waals surface area contributed by atoms with Crippen molar-refractivity contribution in [3.8, 4) is 5.75 Å². The first-order chi connectivity index (χ1) is 13.5. The second kappa shape index (κ2) is 9.99. The Morgan fingerprint density at radius 2 is 1.69 bits per heavy atom. The molecule has 5 nitrogen and oxygen atoms in total. The summed E-state index contributed by atoms with van der Waals surface area (Å²) in [5.74, 6) is -0.0718. The molecule has 0 radical (unpaired) electrons. The van der Waals surface area contributed by atoms with Crippen LogP contribution in [0.3, 0.4) is 0 Å². The van der Waals surface area contributed by atoms with E-state index in [0.29, 0.717) is 15.8 Å². The van der Waals surface area contributed by atoms with Gasteiger partial charge in [0, 0.05) is 22.1 Å². The first kappa shape index (κ1) is 23.0. The maximum atomic E-state index is 13.0. The zero-order chi connectivity index (χ0) is 21.6. The molecule has 0 saturated heterocycles. The molecule has 0 aliphatic rings. The van der Waals surface area contributed by atoms with Crippen LogP contribution in [0, 0.1) is 0 Å². The summed E-state index contributed by atoms with van der Waals surface area (Å²) in [5.41, 5.74) is 0.414. The number of halogens is 2. The van der Waals surface area contributed by atoms with Gasteiger partial charge in [-0.3, -0.25) is 9.59 Å². The predicted molar refractivity (Wildman–Crippen MR) is 116 cm³/mol. The minimum Gasteiger partial charge on any atom is -0.484 e. The Morgan fingerprint density at radius 3 is 2.28 bits per heavy atom. The van der Waals surface area contributed by atoms with E-state index in [-0.39, 0.29) is 25.0 Å². The van der Waals surface area contributed by atoms with Crippen LogP contribution in [0.5, 0.6) is 5.75 Å². The highest BCUT2D eigenvalue weighted by Crippen LogP contribution is 2.18. The van der Waals surface area contributed by atoms with Gasteiger partial charge in [-0.1, -0.05) is 41.4 Å². The van der Waals surface area contributed by atoms with Crippen molar-refractivity contribution in [2.45, 2.75) is 45.8 Å². The van der Waals surface area contributed by atoms with E-state index in [4.69, 9.17) is 27.9 Å². The molecule has 2 aromatic rings. The lowest BCUT2D eigenvalue weighted by molar-refractivity contribution is -0.142. The Hall–Kier alpha value is -2.24. The second-order valence-electron chi connectivity index (χ2n) is 7.81. The van der Waals surface area contributed by atoms with Crippen molar-refractivity contribution in [3.63, 3.8) is 0 Å². The predicted octanol–water partition coefficient (Wildman–Crippen LogP) is 4.70. The monoisotopic (exact) mass is 436 g/mol. The van der Waals surface area contributed by atoms with Crippen LogP contribution in [0.15, 0.2) is 48.5 Å². The van der Waals surface area contributed by atoms with Crippen LogP contribution in [-0.4, -0.2) is 34.9 Å². The lowest BCUT2D eigenvalue weighted by atomic mass is 10.1. The molecule has 156 valence electrons. The summed E-state index contributed by atoms with van der Waals surface area (Å²) < 4.78 is 5.59. The summed E-state index contributed by atoms with van der Waals surface area (Å²) in [6.07, 6.45) is 0. The fourth-order valence-electron chi connectivity index (χ4n) is 2.67. The van der Waals surface area contributed by atoms with E-state index in [9.17, 15) is 9.59 Å². The van der Waals surface area contributed by atoms with Crippen molar-refractivity contribution in [3.05, 3.63) is 64.1 Å². The summed E-state index contributed by atoms with van der Waals surface area (Å²) in [5, 5.41) is 4.00. The molecule has 29 heavy (non-hydrogen) atoms. The van der Waals surface area contributed by atoms with Gasteiger partial charge in [0.1, 0.15) is 11.8 Å². The fourth-order valence-corrected chi connectivity index (χ4v) is 3.07. The van der Waals surface area contributed by atoms with Crippen LogP contribution >= 0.6 is 23.2 Å². The SMILES string of the molecule is C[C@@H](C(=O)NC(C)(C)C)N(Cc1cccc(Cl)c1)C(=O)COc1cccc(Cl)c1. The van der Waals surface area contributed by atoms with Crippen molar-refractivity contribution in [2.24, 2.45) is 0 Å². The molecule has 0 aliphatic heterocycles. The van der Waals surface area contributed by atoms with Crippen LogP contribution in [-0.2, 0) is 16.1 Å². The smallest absolute Gasteiger partial charge is 0.261 e. The van der Waals surface area contributed by atoms with Gasteiger partial charge in [-0.15, -0.1) is 0 Å². The maximum Gasteiger partial charge on any atom is 0.261 e. The summed E-state index contributed by atoms with van der Waals surface area (Å²) in [4.78, 5) is 27.1. The topological polar surface area (TPSA) is 58.6 Å². The molecular weight excluding hydrogens is 411 g/mol. The van der Waals surface area contributed by atoms with Crippen LogP contribution in [0.4, 0.5) is 0 Å². The highest BCUT2D eigenvalue weighted by molar-refractivity contribution is 6.30. The molecule has 0 aromatic heterocycles. The molecule has 2 rings (SSSR count). The molecule has 0 fully saturated rings. The Morgan fingerprint density at radius 1 is 1.07 bits per heavy atom. The van der Waals surface area contributed by atoms with Gasteiger partial charge >= 0.3 is 0 Å². The lowest BCUT2D eigenvalue weighted by Gasteiger charge is -2.31. The average Bonchev–Trinajstić information content (AvgIpc) is 2.62. The van der Waals surface area contributed by atoms with Gasteiger partial charge in [0.2, 0.25) is 5.91 Å². The molecule has 0 unspecified atom stereocenters. The van der Waals surface area contributed by atoms with Gasteiger partial charge in [0.25, 0.3) is 5.91 Å². The number of nitrogens with one attached hydrogen (secondary N) is 1. The summed E-state index contributed by atoms with van der Waals surface area (Å²) >= 11 is 12.0. The van der Waals surface area contributed by atoms with Gasteiger partial charge < -0.3 is 15.0 Å². The van der Waals surface area contributed by atoms with E-state index in [0.717, 1.165) is 5.56 Å². The Kier molecular flexibility index (Phi) is 7.94. The number of hydrogen-bond acceptors (Lipinski definition) is 3. The number of amides is 2. The van der Waals surface area contributed by atoms with Gasteiger partial charge in [-0.05, 0) is 63.6 Å². The van der Waals surface area contributed by atoms with Gasteiger partial charge in [0.05, 0.1) is 0 Å². The highest BCUT2D eigenvalue weighted by atomic mass is 35.5. The van der Waals surface area contributed by atoms with E-state index in [1.165, 1.54) is 4.90 Å². The third-order valence-electron chi connectivity index (χ3n) is 4.07. The van der Waals surface area contributed by atoms with Crippen LogP contribution in [0.25, 0.3) is 0 Å². The quantitative estimate of drug-likeness (QED) is 0.683. The van der Waals surface area contributed by atoms with Gasteiger partial charge in [-0.2, -0.15) is 0 Å². The molecule has 0 saturated carbocycles. The lowest BCUT2D eigenvalue weighted by Crippen LogP contribution is -2.53. The third kappa shape index (κ3) is 7.59. The van der Waals surface area contributed by atoms with Crippen LogP contribution in [0.2, 0.25) is 10.0 Å². The number of rotatable bonds is 7.